The van der Waals surface area contributed by atoms with Crippen LogP contribution >= 0.6 is 0 Å². The Kier molecular flexibility index (Phi) is 3.15. The van der Waals surface area contributed by atoms with Crippen molar-refractivity contribution in [2.24, 2.45) is 5.41 Å². The number of aryl methyl sites for hydroxylation is 1. The third-order valence-corrected chi connectivity index (χ3v) is 3.38. The third-order valence-electron chi connectivity index (χ3n) is 3.38. The summed E-state index contributed by atoms with van der Waals surface area (Å²) in [5.41, 5.74) is 0.610. The normalized spacial score (nSPS) is 20.1. The van der Waals surface area contributed by atoms with E-state index in [0.717, 1.165) is 18.6 Å². The lowest BCUT2D eigenvalue weighted by Crippen LogP contribution is -2.31. The molecule has 84 valence electrons. The number of furan rings is 1. The van der Waals surface area contributed by atoms with Gasteiger partial charge < -0.3 is 9.73 Å². The van der Waals surface area contributed by atoms with Crippen molar-refractivity contribution in [3.05, 3.63) is 24.2 Å². The molecule has 1 aromatic rings. The van der Waals surface area contributed by atoms with Crippen LogP contribution in [0.5, 0.6) is 0 Å². The molecule has 2 rings (SSSR count). The van der Waals surface area contributed by atoms with Crippen LogP contribution in [0.2, 0.25) is 0 Å². The molecular formula is C13H21NO. The van der Waals surface area contributed by atoms with Crippen molar-refractivity contribution in [2.45, 2.75) is 45.6 Å². The molecule has 1 atom stereocenters. The molecule has 1 fully saturated rings. The van der Waals surface area contributed by atoms with E-state index in [1.165, 1.54) is 19.4 Å². The Morgan fingerprint density at radius 1 is 1.53 bits per heavy atom. The van der Waals surface area contributed by atoms with E-state index < -0.39 is 0 Å². The molecule has 2 heteroatoms. The Hall–Kier alpha value is -0.760. The molecule has 1 aromatic heterocycles. The molecule has 0 bridgehead atoms. The lowest BCUT2D eigenvalue weighted by molar-refractivity contribution is 0.419. The van der Waals surface area contributed by atoms with Gasteiger partial charge in [-0.05, 0) is 43.7 Å². The molecule has 1 saturated carbocycles. The summed E-state index contributed by atoms with van der Waals surface area (Å²) < 4.78 is 5.31. The van der Waals surface area contributed by atoms with Crippen LogP contribution in [0.3, 0.4) is 0 Å². The van der Waals surface area contributed by atoms with Gasteiger partial charge in [0.25, 0.3) is 0 Å². The second kappa shape index (κ2) is 4.40. The fourth-order valence-corrected chi connectivity index (χ4v) is 1.73. The van der Waals surface area contributed by atoms with E-state index in [4.69, 9.17) is 4.42 Å². The van der Waals surface area contributed by atoms with Gasteiger partial charge in [0.2, 0.25) is 0 Å². The molecule has 0 radical (unpaired) electrons. The maximum atomic E-state index is 5.31. The number of rotatable bonds is 6. The molecular weight excluding hydrogens is 186 g/mol. The molecule has 1 heterocycles. The minimum absolute atomic E-state index is 0.590. The van der Waals surface area contributed by atoms with E-state index in [2.05, 4.69) is 25.2 Å². The Morgan fingerprint density at radius 3 is 2.93 bits per heavy atom. The van der Waals surface area contributed by atoms with Gasteiger partial charge in [0.05, 0.1) is 6.26 Å². The van der Waals surface area contributed by atoms with Crippen molar-refractivity contribution in [3.8, 4) is 0 Å². The summed E-state index contributed by atoms with van der Waals surface area (Å²) in [4.78, 5) is 0. The van der Waals surface area contributed by atoms with Gasteiger partial charge in [-0.15, -0.1) is 0 Å². The molecule has 1 aliphatic rings. The zero-order valence-electron chi connectivity index (χ0n) is 9.75. The summed E-state index contributed by atoms with van der Waals surface area (Å²) in [6.45, 7) is 5.79. The first-order chi connectivity index (χ1) is 7.18. The molecule has 2 nitrogen and oxygen atoms in total. The molecule has 15 heavy (non-hydrogen) atoms. The summed E-state index contributed by atoms with van der Waals surface area (Å²) in [5, 5.41) is 3.61. The first-order valence-electron chi connectivity index (χ1n) is 5.94. The van der Waals surface area contributed by atoms with Gasteiger partial charge >= 0.3 is 0 Å². The van der Waals surface area contributed by atoms with E-state index in [1.54, 1.807) is 6.26 Å². The molecule has 0 spiro atoms. The van der Waals surface area contributed by atoms with Gasteiger partial charge in [0.1, 0.15) is 5.76 Å². The topological polar surface area (TPSA) is 25.2 Å². The number of hydrogen-bond donors (Lipinski definition) is 1. The fraction of sp³-hybridized carbons (Fsp3) is 0.692. The van der Waals surface area contributed by atoms with Crippen molar-refractivity contribution in [2.75, 3.05) is 6.54 Å². The molecule has 0 saturated heterocycles. The standard InChI is InChI=1S/C13H21NO/c1-11(14-10-13(2)7-8-13)5-6-12-4-3-9-15-12/h3-4,9,11,14H,5-8,10H2,1-2H3. The fourth-order valence-electron chi connectivity index (χ4n) is 1.73. The van der Waals surface area contributed by atoms with Crippen molar-refractivity contribution < 1.29 is 4.42 Å². The highest BCUT2D eigenvalue weighted by Crippen LogP contribution is 2.44. The largest absolute Gasteiger partial charge is 0.469 e. The number of nitrogens with one attached hydrogen (secondary N) is 1. The molecule has 1 aliphatic carbocycles. The summed E-state index contributed by atoms with van der Waals surface area (Å²) in [5.74, 6) is 1.10. The Morgan fingerprint density at radius 2 is 2.33 bits per heavy atom. The van der Waals surface area contributed by atoms with E-state index in [-0.39, 0.29) is 0 Å². The van der Waals surface area contributed by atoms with Crippen LogP contribution in [0, 0.1) is 5.41 Å². The Bertz CT molecular complexity index is 287. The van der Waals surface area contributed by atoms with E-state index in [9.17, 15) is 0 Å². The number of hydrogen-bond acceptors (Lipinski definition) is 2. The van der Waals surface area contributed by atoms with E-state index in [0.29, 0.717) is 11.5 Å². The second-order valence-corrected chi connectivity index (χ2v) is 5.21. The summed E-state index contributed by atoms with van der Waals surface area (Å²) in [6.07, 6.45) is 6.73. The highest BCUT2D eigenvalue weighted by atomic mass is 16.3. The van der Waals surface area contributed by atoms with Gasteiger partial charge in [0.15, 0.2) is 0 Å². The zero-order chi connectivity index (χ0) is 10.7. The molecule has 0 aliphatic heterocycles. The quantitative estimate of drug-likeness (QED) is 0.775. The van der Waals surface area contributed by atoms with Crippen LogP contribution in [0.1, 0.15) is 38.9 Å². The van der Waals surface area contributed by atoms with Crippen LogP contribution in [0.15, 0.2) is 22.8 Å². The lowest BCUT2D eigenvalue weighted by atomic mass is 10.1. The SMILES string of the molecule is CC(CCc1ccco1)NCC1(C)CC1. The molecule has 0 amide bonds. The van der Waals surface area contributed by atoms with Crippen LogP contribution < -0.4 is 5.32 Å². The van der Waals surface area contributed by atoms with Crippen LogP contribution in [0.4, 0.5) is 0 Å². The van der Waals surface area contributed by atoms with Crippen molar-refractivity contribution in [1.29, 1.82) is 0 Å². The predicted octanol–water partition coefficient (Wildman–Crippen LogP) is 2.99. The highest BCUT2D eigenvalue weighted by Gasteiger charge is 2.36. The first kappa shape index (κ1) is 10.7. The lowest BCUT2D eigenvalue weighted by Gasteiger charge is -2.16. The zero-order valence-corrected chi connectivity index (χ0v) is 9.75. The predicted molar refractivity (Wildman–Crippen MR) is 61.8 cm³/mol. The van der Waals surface area contributed by atoms with Crippen molar-refractivity contribution >= 4 is 0 Å². The highest BCUT2D eigenvalue weighted by molar-refractivity contribution is 4.98. The van der Waals surface area contributed by atoms with Crippen molar-refractivity contribution in [1.82, 2.24) is 5.32 Å². The first-order valence-corrected chi connectivity index (χ1v) is 5.94. The Labute approximate surface area is 92.1 Å². The van der Waals surface area contributed by atoms with Gasteiger partial charge in [-0.1, -0.05) is 6.92 Å². The second-order valence-electron chi connectivity index (χ2n) is 5.21. The average molecular weight is 207 g/mol. The maximum absolute atomic E-state index is 5.31. The van der Waals surface area contributed by atoms with E-state index >= 15 is 0 Å². The third kappa shape index (κ3) is 3.38. The smallest absolute Gasteiger partial charge is 0.103 e. The molecule has 1 unspecified atom stereocenters. The van der Waals surface area contributed by atoms with E-state index in [1.807, 2.05) is 6.07 Å². The van der Waals surface area contributed by atoms with Gasteiger partial charge in [-0.2, -0.15) is 0 Å². The van der Waals surface area contributed by atoms with Gasteiger partial charge in [-0.25, -0.2) is 0 Å². The minimum Gasteiger partial charge on any atom is -0.469 e. The monoisotopic (exact) mass is 207 g/mol. The van der Waals surface area contributed by atoms with Crippen LogP contribution in [-0.2, 0) is 6.42 Å². The molecule has 1 N–H and O–H groups in total. The molecule has 0 aromatic carbocycles. The summed E-state index contributed by atoms with van der Waals surface area (Å²) in [7, 11) is 0. The Balaban J connectivity index is 1.62. The van der Waals surface area contributed by atoms with Crippen LogP contribution in [-0.4, -0.2) is 12.6 Å². The van der Waals surface area contributed by atoms with Crippen LogP contribution in [0.25, 0.3) is 0 Å². The van der Waals surface area contributed by atoms with Gasteiger partial charge in [0, 0.05) is 19.0 Å². The van der Waals surface area contributed by atoms with Gasteiger partial charge in [-0.3, -0.25) is 0 Å². The van der Waals surface area contributed by atoms with Crippen molar-refractivity contribution in [3.63, 3.8) is 0 Å². The minimum atomic E-state index is 0.590. The maximum Gasteiger partial charge on any atom is 0.103 e. The average Bonchev–Trinajstić information content (AvgIpc) is 2.77. The summed E-state index contributed by atoms with van der Waals surface area (Å²) >= 11 is 0. The summed E-state index contributed by atoms with van der Waals surface area (Å²) in [6, 6.07) is 4.60.